The Hall–Kier alpha value is -1.64. The molecule has 1 radical (unpaired) electrons. The van der Waals surface area contributed by atoms with E-state index in [-0.39, 0.29) is 0 Å². The summed E-state index contributed by atoms with van der Waals surface area (Å²) in [6, 6.07) is 24.0. The maximum Gasteiger partial charge on any atom is 0.155 e. The third kappa shape index (κ3) is 2.30. The number of benzene rings is 2. The van der Waals surface area contributed by atoms with E-state index in [0.717, 1.165) is 0 Å². The van der Waals surface area contributed by atoms with E-state index in [0.29, 0.717) is 0 Å². The molecule has 0 saturated carbocycles. The molecule has 0 bridgehead atoms. The lowest BCUT2D eigenvalue weighted by Crippen LogP contribution is -2.51. The van der Waals surface area contributed by atoms with Gasteiger partial charge in [-0.25, -0.2) is 0 Å². The van der Waals surface area contributed by atoms with Crippen LogP contribution in [0.3, 0.4) is 0 Å². The molecule has 3 aromatic rings. The van der Waals surface area contributed by atoms with Crippen LogP contribution in [-0.2, 0) is 0 Å². The molecule has 18 heavy (non-hydrogen) atoms. The van der Waals surface area contributed by atoms with Gasteiger partial charge in [-0.15, -0.1) is 0 Å². The zero-order chi connectivity index (χ0) is 12.2. The van der Waals surface area contributed by atoms with Gasteiger partial charge in [0.2, 0.25) is 0 Å². The Kier molecular flexibility index (Phi) is 3.39. The summed E-state index contributed by atoms with van der Waals surface area (Å²) >= 11 is 1.78. The Morgan fingerprint density at radius 3 is 1.61 bits per heavy atom. The largest absolute Gasteiger partial charge is 0.155 e. The average Bonchev–Trinajstić information content (AvgIpc) is 2.95. The van der Waals surface area contributed by atoms with Crippen molar-refractivity contribution in [1.29, 1.82) is 0 Å². The van der Waals surface area contributed by atoms with Gasteiger partial charge >= 0.3 is 0 Å². The summed E-state index contributed by atoms with van der Waals surface area (Å²) in [7, 11) is -0.824. The highest BCUT2D eigenvalue weighted by Crippen LogP contribution is 1.99. The molecule has 0 aliphatic rings. The first-order valence-corrected chi connectivity index (χ1v) is 8.40. The minimum Gasteiger partial charge on any atom is -0.153 e. The molecule has 2 heteroatoms. The molecule has 0 amide bonds. The molecule has 0 spiro atoms. The van der Waals surface area contributed by atoms with Crippen LogP contribution in [-0.4, -0.2) is 8.80 Å². The molecule has 1 heterocycles. The van der Waals surface area contributed by atoms with Crippen molar-refractivity contribution in [3.05, 3.63) is 77.5 Å². The zero-order valence-electron chi connectivity index (χ0n) is 9.91. The molecule has 0 nitrogen and oxygen atoms in total. The molecule has 2 aromatic carbocycles. The number of hydrogen-bond donors (Lipinski definition) is 0. The fourth-order valence-electron chi connectivity index (χ4n) is 2.12. The van der Waals surface area contributed by atoms with Crippen LogP contribution < -0.4 is 15.6 Å². The van der Waals surface area contributed by atoms with Crippen molar-refractivity contribution in [2.75, 3.05) is 0 Å². The van der Waals surface area contributed by atoms with Crippen LogP contribution in [0, 0.1) is 0 Å². The topological polar surface area (TPSA) is 0 Å². The Morgan fingerprint density at radius 2 is 1.17 bits per heavy atom. The lowest BCUT2D eigenvalue weighted by Gasteiger charge is -2.14. The first-order chi connectivity index (χ1) is 8.95. The molecule has 0 aliphatic carbocycles. The van der Waals surface area contributed by atoms with Crippen molar-refractivity contribution in [3.8, 4) is 0 Å². The van der Waals surface area contributed by atoms with E-state index in [9.17, 15) is 0 Å². The Morgan fingerprint density at radius 1 is 0.611 bits per heavy atom. The average molecular weight is 265 g/mol. The molecule has 0 unspecified atom stereocenters. The Balaban J connectivity index is 2.11. The lowest BCUT2D eigenvalue weighted by molar-refractivity contribution is 1.73. The molecule has 0 saturated heterocycles. The van der Waals surface area contributed by atoms with Crippen molar-refractivity contribution >= 4 is 35.7 Å². The third-order valence-corrected chi connectivity index (χ3v) is 6.54. The van der Waals surface area contributed by atoms with Gasteiger partial charge in [-0.3, -0.25) is 0 Å². The van der Waals surface area contributed by atoms with Gasteiger partial charge in [0.25, 0.3) is 0 Å². The predicted octanol–water partition coefficient (Wildman–Crippen LogP) is 2.26. The number of rotatable bonds is 3. The van der Waals surface area contributed by atoms with Gasteiger partial charge in [0, 0.05) is 0 Å². The quantitative estimate of drug-likeness (QED) is 0.637. The van der Waals surface area contributed by atoms with E-state index in [2.05, 4.69) is 77.5 Å². The third-order valence-electron chi connectivity index (χ3n) is 2.93. The van der Waals surface area contributed by atoms with Crippen molar-refractivity contribution in [3.63, 3.8) is 0 Å². The van der Waals surface area contributed by atoms with Crippen LogP contribution in [0.15, 0.2) is 77.5 Å². The summed E-state index contributed by atoms with van der Waals surface area (Å²) in [5.74, 6) is 0. The second-order valence-electron chi connectivity index (χ2n) is 4.12. The van der Waals surface area contributed by atoms with Gasteiger partial charge in [0.15, 0.2) is 8.80 Å². The summed E-state index contributed by atoms with van der Waals surface area (Å²) in [5.41, 5.74) is 0. The predicted molar refractivity (Wildman–Crippen MR) is 81.9 cm³/mol. The minimum absolute atomic E-state index is 0.824. The summed E-state index contributed by atoms with van der Waals surface area (Å²) in [6.07, 6.45) is 0. The molecule has 0 atom stereocenters. The highest BCUT2D eigenvalue weighted by Gasteiger charge is 2.19. The SMILES string of the molecule is c1ccc([Si](c2ccccc2)c2ccsc2)cc1. The fraction of sp³-hybridized carbons (Fsp3) is 0. The second-order valence-corrected chi connectivity index (χ2v) is 7.38. The van der Waals surface area contributed by atoms with E-state index < -0.39 is 8.80 Å². The van der Waals surface area contributed by atoms with E-state index in [4.69, 9.17) is 0 Å². The second kappa shape index (κ2) is 5.34. The first-order valence-electron chi connectivity index (χ1n) is 5.95. The lowest BCUT2D eigenvalue weighted by atomic mass is 10.4. The van der Waals surface area contributed by atoms with Gasteiger partial charge in [-0.1, -0.05) is 77.1 Å². The molecular formula is C16H13SSi. The van der Waals surface area contributed by atoms with Crippen LogP contribution in [0.2, 0.25) is 0 Å². The molecular weight excluding hydrogens is 252 g/mol. The van der Waals surface area contributed by atoms with Gasteiger partial charge in [-0.2, -0.15) is 11.3 Å². The monoisotopic (exact) mass is 265 g/mol. The van der Waals surface area contributed by atoms with Crippen LogP contribution >= 0.6 is 11.3 Å². The van der Waals surface area contributed by atoms with E-state index >= 15 is 0 Å². The van der Waals surface area contributed by atoms with Crippen molar-refractivity contribution < 1.29 is 0 Å². The highest BCUT2D eigenvalue weighted by atomic mass is 32.1. The summed E-state index contributed by atoms with van der Waals surface area (Å²) < 4.78 is 0. The molecule has 0 N–H and O–H groups in total. The standard InChI is InChI=1S/C16H13SSi/c1-3-7-14(8-4-1)18(16-11-12-17-13-16)15-9-5-2-6-10-15/h1-13H. The van der Waals surface area contributed by atoms with Crippen molar-refractivity contribution in [2.24, 2.45) is 0 Å². The highest BCUT2D eigenvalue weighted by molar-refractivity contribution is 7.10. The van der Waals surface area contributed by atoms with E-state index in [1.807, 2.05) is 0 Å². The first kappa shape index (κ1) is 11.4. The molecule has 1 aromatic heterocycles. The number of thiophene rings is 1. The van der Waals surface area contributed by atoms with Gasteiger partial charge in [0.1, 0.15) is 0 Å². The Bertz CT molecular complexity index is 548. The Labute approximate surface area is 113 Å². The van der Waals surface area contributed by atoms with Crippen LogP contribution in [0.1, 0.15) is 0 Å². The van der Waals surface area contributed by atoms with E-state index in [1.54, 1.807) is 11.3 Å². The fourth-order valence-corrected chi connectivity index (χ4v) is 5.74. The van der Waals surface area contributed by atoms with Gasteiger partial charge in [0.05, 0.1) is 0 Å². The van der Waals surface area contributed by atoms with Crippen LogP contribution in [0.5, 0.6) is 0 Å². The molecule has 0 aliphatic heterocycles. The molecule has 87 valence electrons. The summed E-state index contributed by atoms with van der Waals surface area (Å²) in [6.45, 7) is 0. The van der Waals surface area contributed by atoms with Gasteiger partial charge in [-0.05, 0) is 15.9 Å². The van der Waals surface area contributed by atoms with Crippen LogP contribution in [0.25, 0.3) is 0 Å². The minimum atomic E-state index is -0.824. The van der Waals surface area contributed by atoms with Crippen molar-refractivity contribution in [1.82, 2.24) is 0 Å². The summed E-state index contributed by atoms with van der Waals surface area (Å²) in [5, 5.41) is 8.83. The smallest absolute Gasteiger partial charge is 0.153 e. The number of hydrogen-bond acceptors (Lipinski definition) is 1. The van der Waals surface area contributed by atoms with Gasteiger partial charge < -0.3 is 0 Å². The summed E-state index contributed by atoms with van der Waals surface area (Å²) in [4.78, 5) is 0. The van der Waals surface area contributed by atoms with E-state index in [1.165, 1.54) is 15.6 Å². The maximum atomic E-state index is 2.29. The molecule has 3 rings (SSSR count). The zero-order valence-corrected chi connectivity index (χ0v) is 11.7. The normalized spacial score (nSPS) is 10.7. The molecule has 0 fully saturated rings. The van der Waals surface area contributed by atoms with Crippen LogP contribution in [0.4, 0.5) is 0 Å². The van der Waals surface area contributed by atoms with Crippen molar-refractivity contribution in [2.45, 2.75) is 0 Å². The maximum absolute atomic E-state index is 2.29.